The molecular weight excluding hydrogens is 548 g/mol. The van der Waals surface area contributed by atoms with Gasteiger partial charge in [-0.05, 0) is 68.2 Å². The largest absolute Gasteiger partial charge is 0.460 e. The molecule has 0 unspecified atom stereocenters. The number of nitrogens with zero attached hydrogens (tertiary/aromatic N) is 4. The predicted octanol–water partition coefficient (Wildman–Crippen LogP) is 3.61. The first-order valence-electron chi connectivity index (χ1n) is 14.2. The Bertz CT molecular complexity index is 1310. The number of fused-ring (bicyclic) bond motifs is 2. The Morgan fingerprint density at radius 2 is 1.69 bits per heavy atom. The summed E-state index contributed by atoms with van der Waals surface area (Å²) >= 11 is 0. The van der Waals surface area contributed by atoms with Crippen molar-refractivity contribution in [1.82, 2.24) is 24.8 Å². The number of urea groups is 1. The van der Waals surface area contributed by atoms with Gasteiger partial charge in [-0.2, -0.15) is 0 Å². The van der Waals surface area contributed by atoms with E-state index >= 15 is 0 Å². The topological polar surface area (TPSA) is 165 Å². The van der Waals surface area contributed by atoms with E-state index in [4.69, 9.17) is 23.7 Å². The maximum absolute atomic E-state index is 13.1. The second-order valence-corrected chi connectivity index (χ2v) is 12.9. The number of carbonyl (C=O) groups excluding carboxylic acids is 3. The fourth-order valence-electron chi connectivity index (χ4n) is 4.92. The standard InChI is InChI=1S/C28H42N6O8/c1-10-16-19-20(41-28(8,9)40-19)23(38-16)34-14-31-18-21(29-13-30-22(18)34)33-25(37)32-15(24(36)42-27(5,6)7)11-12-17(35)39-26(2,3)4/h13-16,19-20,23H,10-12H2,1-9H3,(H2,29,30,32,33,37)/t15-,16+,19+,20+,23+/m0/s1. The van der Waals surface area contributed by atoms with Gasteiger partial charge in [0.1, 0.15) is 35.8 Å². The zero-order valence-electron chi connectivity index (χ0n) is 25.7. The van der Waals surface area contributed by atoms with E-state index in [1.165, 1.54) is 6.33 Å². The Morgan fingerprint density at radius 1 is 1.02 bits per heavy atom. The summed E-state index contributed by atoms with van der Waals surface area (Å²) < 4.78 is 31.1. The molecule has 0 spiro atoms. The lowest BCUT2D eigenvalue weighted by atomic mass is 10.1. The van der Waals surface area contributed by atoms with Crippen molar-refractivity contribution >= 4 is 35.0 Å². The number of anilines is 1. The molecule has 0 saturated carbocycles. The van der Waals surface area contributed by atoms with Crippen molar-refractivity contribution in [2.75, 3.05) is 5.32 Å². The van der Waals surface area contributed by atoms with E-state index in [9.17, 15) is 14.4 Å². The number of carbonyl (C=O) groups is 3. The van der Waals surface area contributed by atoms with Crippen LogP contribution in [0.2, 0.25) is 0 Å². The third kappa shape index (κ3) is 7.53. The van der Waals surface area contributed by atoms with Crippen LogP contribution in [-0.2, 0) is 33.3 Å². The smallest absolute Gasteiger partial charge is 0.329 e. The summed E-state index contributed by atoms with van der Waals surface area (Å²) in [5.41, 5.74) is -0.747. The summed E-state index contributed by atoms with van der Waals surface area (Å²) in [5.74, 6) is -1.81. The molecule has 4 rings (SSSR count). The lowest BCUT2D eigenvalue weighted by molar-refractivity contribution is -0.196. The molecule has 0 aromatic carbocycles. The van der Waals surface area contributed by atoms with E-state index in [2.05, 4.69) is 25.6 Å². The molecule has 4 heterocycles. The third-order valence-electron chi connectivity index (χ3n) is 6.45. The molecule has 14 heteroatoms. The summed E-state index contributed by atoms with van der Waals surface area (Å²) in [4.78, 5) is 51.3. The predicted molar refractivity (Wildman–Crippen MR) is 150 cm³/mol. The Balaban J connectivity index is 1.50. The van der Waals surface area contributed by atoms with E-state index in [1.807, 2.05) is 20.8 Å². The van der Waals surface area contributed by atoms with Gasteiger partial charge in [0.25, 0.3) is 0 Å². The number of rotatable bonds is 8. The SMILES string of the molecule is CC[C@H]1O[C@@H](n2cnc3c(NC(=O)N[C@@H](CCC(=O)OC(C)(C)C)C(=O)OC(C)(C)C)ncnc32)[C@@H]2OC(C)(C)O[C@@H]21. The summed E-state index contributed by atoms with van der Waals surface area (Å²) in [5, 5.41) is 5.24. The van der Waals surface area contributed by atoms with Gasteiger partial charge in [0.05, 0.1) is 12.4 Å². The lowest BCUT2D eigenvalue weighted by Gasteiger charge is -2.25. The molecular formula is C28H42N6O8. The Labute approximate surface area is 245 Å². The molecule has 2 N–H and O–H groups in total. The zero-order valence-corrected chi connectivity index (χ0v) is 25.7. The van der Waals surface area contributed by atoms with Crippen LogP contribution in [0, 0.1) is 0 Å². The molecule has 2 aromatic heterocycles. The normalized spacial score (nSPS) is 24.2. The fourth-order valence-corrected chi connectivity index (χ4v) is 4.92. The summed E-state index contributed by atoms with van der Waals surface area (Å²) in [6.07, 6.45) is 2.11. The van der Waals surface area contributed by atoms with Gasteiger partial charge in [0, 0.05) is 6.42 Å². The van der Waals surface area contributed by atoms with Crippen molar-refractivity contribution < 1.29 is 38.1 Å². The van der Waals surface area contributed by atoms with E-state index in [-0.39, 0.29) is 37.0 Å². The van der Waals surface area contributed by atoms with Crippen LogP contribution in [-0.4, -0.2) is 78.8 Å². The van der Waals surface area contributed by atoms with Crippen LogP contribution in [0.1, 0.15) is 87.8 Å². The van der Waals surface area contributed by atoms with Gasteiger partial charge in [-0.15, -0.1) is 0 Å². The van der Waals surface area contributed by atoms with Crippen molar-refractivity contribution in [2.45, 2.75) is 129 Å². The van der Waals surface area contributed by atoms with Gasteiger partial charge in [-0.1, -0.05) is 6.92 Å². The van der Waals surface area contributed by atoms with Crippen molar-refractivity contribution in [3.8, 4) is 0 Å². The van der Waals surface area contributed by atoms with Gasteiger partial charge in [0.2, 0.25) is 0 Å². The maximum atomic E-state index is 13.1. The Kier molecular flexibility index (Phi) is 8.82. The molecule has 2 saturated heterocycles. The van der Waals surface area contributed by atoms with E-state index in [0.29, 0.717) is 11.2 Å². The molecule has 5 atom stereocenters. The minimum Gasteiger partial charge on any atom is -0.460 e. The Morgan fingerprint density at radius 3 is 2.33 bits per heavy atom. The molecule has 2 amide bonds. The monoisotopic (exact) mass is 590 g/mol. The number of ether oxygens (including phenoxy) is 5. The molecule has 42 heavy (non-hydrogen) atoms. The number of imidazole rings is 1. The second kappa shape index (κ2) is 11.7. The van der Waals surface area contributed by atoms with Crippen molar-refractivity contribution in [2.24, 2.45) is 0 Å². The molecule has 2 fully saturated rings. The Hall–Kier alpha value is -3.36. The van der Waals surface area contributed by atoms with Crippen LogP contribution in [0.4, 0.5) is 10.6 Å². The van der Waals surface area contributed by atoms with Crippen LogP contribution >= 0.6 is 0 Å². The quantitative estimate of drug-likeness (QED) is 0.431. The van der Waals surface area contributed by atoms with Crippen molar-refractivity contribution in [3.05, 3.63) is 12.7 Å². The average molecular weight is 591 g/mol. The number of esters is 2. The first kappa shape index (κ1) is 31.6. The number of hydrogen-bond donors (Lipinski definition) is 2. The molecule has 232 valence electrons. The van der Waals surface area contributed by atoms with Crippen molar-refractivity contribution in [3.63, 3.8) is 0 Å². The fraction of sp³-hybridized carbons (Fsp3) is 0.714. The minimum atomic E-state index is -1.12. The van der Waals surface area contributed by atoms with Crippen LogP contribution in [0.5, 0.6) is 0 Å². The lowest BCUT2D eigenvalue weighted by Crippen LogP contribution is -2.46. The van der Waals surface area contributed by atoms with Crippen LogP contribution in [0.3, 0.4) is 0 Å². The van der Waals surface area contributed by atoms with Crippen LogP contribution in [0.15, 0.2) is 12.7 Å². The highest BCUT2D eigenvalue weighted by Crippen LogP contribution is 2.44. The molecule has 14 nitrogen and oxygen atoms in total. The van der Waals surface area contributed by atoms with E-state index in [1.54, 1.807) is 52.4 Å². The minimum absolute atomic E-state index is 0.0242. The molecule has 2 aliphatic rings. The second-order valence-electron chi connectivity index (χ2n) is 12.9. The number of amides is 2. The first-order chi connectivity index (χ1) is 19.5. The van der Waals surface area contributed by atoms with Gasteiger partial charge in [-0.3, -0.25) is 14.7 Å². The number of nitrogens with one attached hydrogen (secondary N) is 2. The van der Waals surface area contributed by atoms with Gasteiger partial charge < -0.3 is 29.0 Å². The highest BCUT2D eigenvalue weighted by molar-refractivity contribution is 5.97. The third-order valence-corrected chi connectivity index (χ3v) is 6.45. The summed E-state index contributed by atoms with van der Waals surface area (Å²) in [6.45, 7) is 16.1. The number of aromatic nitrogens is 4. The molecule has 0 bridgehead atoms. The molecule has 0 aliphatic carbocycles. The van der Waals surface area contributed by atoms with Crippen LogP contribution < -0.4 is 10.6 Å². The first-order valence-corrected chi connectivity index (χ1v) is 14.2. The zero-order chi connectivity index (χ0) is 31.0. The molecule has 2 aliphatic heterocycles. The van der Waals surface area contributed by atoms with Crippen LogP contribution in [0.25, 0.3) is 11.2 Å². The van der Waals surface area contributed by atoms with Crippen molar-refractivity contribution in [1.29, 1.82) is 0 Å². The summed E-state index contributed by atoms with van der Waals surface area (Å²) in [6, 6.07) is -1.86. The highest BCUT2D eigenvalue weighted by atomic mass is 16.8. The van der Waals surface area contributed by atoms with Gasteiger partial charge >= 0.3 is 18.0 Å². The number of hydrogen-bond acceptors (Lipinski definition) is 11. The summed E-state index contributed by atoms with van der Waals surface area (Å²) in [7, 11) is 0. The highest BCUT2D eigenvalue weighted by Gasteiger charge is 2.55. The van der Waals surface area contributed by atoms with Gasteiger partial charge in [0.15, 0.2) is 29.0 Å². The van der Waals surface area contributed by atoms with E-state index < -0.39 is 47.2 Å². The van der Waals surface area contributed by atoms with E-state index in [0.717, 1.165) is 6.42 Å². The molecule has 0 radical (unpaired) electrons. The maximum Gasteiger partial charge on any atom is 0.329 e. The average Bonchev–Trinajstić information content (AvgIpc) is 3.50. The van der Waals surface area contributed by atoms with Gasteiger partial charge in [-0.25, -0.2) is 24.5 Å². The molecule has 2 aromatic rings.